The molecule has 0 atom stereocenters. The van der Waals surface area contributed by atoms with Crippen molar-refractivity contribution in [3.8, 4) is 0 Å². The van der Waals surface area contributed by atoms with Gasteiger partial charge in [0.2, 0.25) is 0 Å². The molecule has 1 saturated heterocycles. The Labute approximate surface area is 135 Å². The molecule has 0 saturated carbocycles. The Morgan fingerprint density at radius 1 is 1.13 bits per heavy atom. The van der Waals surface area contributed by atoms with Crippen LogP contribution >= 0.6 is 0 Å². The predicted octanol–water partition coefficient (Wildman–Crippen LogP) is 2.14. The molecule has 6 nitrogen and oxygen atoms in total. The zero-order valence-electron chi connectivity index (χ0n) is 13.3. The molecule has 0 N–H and O–H groups in total. The highest BCUT2D eigenvalue weighted by molar-refractivity contribution is 5.73. The molecule has 118 valence electrons. The highest BCUT2D eigenvalue weighted by Gasteiger charge is 2.25. The summed E-state index contributed by atoms with van der Waals surface area (Å²) in [6.45, 7) is 3.14. The van der Waals surface area contributed by atoms with Crippen molar-refractivity contribution in [2.45, 2.75) is 25.3 Å². The first kappa shape index (κ1) is 14.3. The summed E-state index contributed by atoms with van der Waals surface area (Å²) in [6.07, 6.45) is 9.48. The van der Waals surface area contributed by atoms with Gasteiger partial charge in [0.25, 0.3) is 0 Å². The van der Waals surface area contributed by atoms with Crippen molar-refractivity contribution in [2.75, 3.05) is 13.1 Å². The van der Waals surface area contributed by atoms with Gasteiger partial charge in [0.05, 0.1) is 5.69 Å². The van der Waals surface area contributed by atoms with Crippen LogP contribution in [0.5, 0.6) is 0 Å². The van der Waals surface area contributed by atoms with E-state index in [0.29, 0.717) is 5.92 Å². The van der Waals surface area contributed by atoms with Crippen LogP contribution in [0.1, 0.15) is 30.0 Å². The van der Waals surface area contributed by atoms with Crippen LogP contribution < -0.4 is 0 Å². The summed E-state index contributed by atoms with van der Waals surface area (Å²) in [5, 5.41) is 4.69. The Morgan fingerprint density at radius 3 is 2.74 bits per heavy atom. The molecule has 4 heterocycles. The molecule has 4 rings (SSSR count). The molecule has 6 heteroatoms. The summed E-state index contributed by atoms with van der Waals surface area (Å²) in [5.41, 5.74) is 4.22. The minimum Gasteiger partial charge on any atom is -0.299 e. The lowest BCUT2D eigenvalue weighted by molar-refractivity contribution is 0.203. The number of aromatic nitrogens is 5. The van der Waals surface area contributed by atoms with E-state index in [1.165, 1.54) is 5.56 Å². The van der Waals surface area contributed by atoms with Crippen molar-refractivity contribution in [3.63, 3.8) is 0 Å². The van der Waals surface area contributed by atoms with Gasteiger partial charge in [0.1, 0.15) is 5.52 Å². The second-order valence-electron chi connectivity index (χ2n) is 6.15. The first-order valence-corrected chi connectivity index (χ1v) is 8.06. The van der Waals surface area contributed by atoms with Gasteiger partial charge in [-0.25, -0.2) is 14.6 Å². The number of likely N-dealkylation sites (tertiary alicyclic amines) is 1. The van der Waals surface area contributed by atoms with E-state index >= 15 is 0 Å². The first-order chi connectivity index (χ1) is 11.3. The number of aryl methyl sites for hydroxylation is 1. The Bertz CT molecular complexity index is 789. The maximum atomic E-state index is 4.69. The molecule has 0 aromatic carbocycles. The largest absolute Gasteiger partial charge is 0.299 e. The Balaban J connectivity index is 1.47. The van der Waals surface area contributed by atoms with Crippen LogP contribution in [-0.4, -0.2) is 42.7 Å². The first-order valence-electron chi connectivity index (χ1n) is 8.06. The average Bonchev–Trinajstić information content (AvgIpc) is 2.94. The minimum absolute atomic E-state index is 0.473. The second kappa shape index (κ2) is 6.04. The molecule has 23 heavy (non-hydrogen) atoms. The van der Waals surface area contributed by atoms with Crippen molar-refractivity contribution >= 4 is 11.2 Å². The van der Waals surface area contributed by atoms with Gasteiger partial charge < -0.3 is 0 Å². The molecule has 0 amide bonds. The fourth-order valence-corrected chi connectivity index (χ4v) is 3.39. The molecule has 0 aliphatic carbocycles. The normalized spacial score (nSPS) is 16.9. The highest BCUT2D eigenvalue weighted by atomic mass is 15.3. The fourth-order valence-electron chi connectivity index (χ4n) is 3.39. The van der Waals surface area contributed by atoms with Crippen LogP contribution in [0.2, 0.25) is 0 Å². The number of rotatable bonds is 3. The fraction of sp³-hybridized carbons (Fsp3) is 0.412. The molecule has 1 aliphatic rings. The SMILES string of the molecule is Cn1nc(C2CCN(Cc3cccnc3)CC2)c2nccnc21. The third-order valence-corrected chi connectivity index (χ3v) is 4.59. The summed E-state index contributed by atoms with van der Waals surface area (Å²) < 4.78 is 1.85. The molecular weight excluding hydrogens is 288 g/mol. The van der Waals surface area contributed by atoms with Crippen LogP contribution in [-0.2, 0) is 13.6 Å². The topological polar surface area (TPSA) is 59.7 Å². The van der Waals surface area contributed by atoms with Gasteiger partial charge in [0, 0.05) is 44.3 Å². The van der Waals surface area contributed by atoms with Gasteiger partial charge in [-0.05, 0) is 37.6 Å². The van der Waals surface area contributed by atoms with Crippen LogP contribution in [0.4, 0.5) is 0 Å². The van der Waals surface area contributed by atoms with Gasteiger partial charge in [-0.2, -0.15) is 5.10 Å². The molecule has 0 bridgehead atoms. The number of piperidine rings is 1. The van der Waals surface area contributed by atoms with E-state index in [2.05, 4.69) is 31.0 Å². The summed E-state index contributed by atoms with van der Waals surface area (Å²) in [5.74, 6) is 0.473. The summed E-state index contributed by atoms with van der Waals surface area (Å²) in [7, 11) is 1.94. The monoisotopic (exact) mass is 308 g/mol. The Morgan fingerprint density at radius 2 is 1.96 bits per heavy atom. The number of nitrogens with zero attached hydrogens (tertiary/aromatic N) is 6. The molecule has 0 unspecified atom stereocenters. The van der Waals surface area contributed by atoms with E-state index in [4.69, 9.17) is 0 Å². The van der Waals surface area contributed by atoms with Crippen molar-refractivity contribution in [1.29, 1.82) is 0 Å². The standard InChI is InChI=1S/C17H20N6/c1-22-17-16(19-7-8-20-17)15(21-22)14-4-9-23(10-5-14)12-13-3-2-6-18-11-13/h2-3,6-8,11,14H,4-5,9-10,12H2,1H3. The Hall–Kier alpha value is -2.34. The van der Waals surface area contributed by atoms with Crippen molar-refractivity contribution < 1.29 is 0 Å². The second-order valence-corrected chi connectivity index (χ2v) is 6.15. The van der Waals surface area contributed by atoms with Gasteiger partial charge in [-0.1, -0.05) is 6.07 Å². The zero-order chi connectivity index (χ0) is 15.6. The van der Waals surface area contributed by atoms with Gasteiger partial charge in [0.15, 0.2) is 5.65 Å². The molecule has 3 aromatic rings. The van der Waals surface area contributed by atoms with Crippen LogP contribution in [0, 0.1) is 0 Å². The van der Waals surface area contributed by atoms with Crippen LogP contribution in [0.15, 0.2) is 36.9 Å². The lowest BCUT2D eigenvalue weighted by atomic mass is 9.93. The minimum atomic E-state index is 0.473. The molecule has 3 aromatic heterocycles. The number of hydrogen-bond donors (Lipinski definition) is 0. The Kier molecular flexibility index (Phi) is 3.75. The van der Waals surface area contributed by atoms with E-state index in [1.807, 2.05) is 30.2 Å². The van der Waals surface area contributed by atoms with Gasteiger partial charge in [-0.3, -0.25) is 9.88 Å². The smallest absolute Gasteiger partial charge is 0.176 e. The highest BCUT2D eigenvalue weighted by Crippen LogP contribution is 2.31. The molecular formula is C17H20N6. The van der Waals surface area contributed by atoms with Crippen molar-refractivity contribution in [3.05, 3.63) is 48.2 Å². The third-order valence-electron chi connectivity index (χ3n) is 4.59. The van der Waals surface area contributed by atoms with Gasteiger partial charge >= 0.3 is 0 Å². The van der Waals surface area contributed by atoms with Gasteiger partial charge in [-0.15, -0.1) is 0 Å². The quantitative estimate of drug-likeness (QED) is 0.742. The predicted molar refractivity (Wildman–Crippen MR) is 87.8 cm³/mol. The number of hydrogen-bond acceptors (Lipinski definition) is 5. The van der Waals surface area contributed by atoms with Crippen LogP contribution in [0.25, 0.3) is 11.2 Å². The molecule has 0 radical (unpaired) electrons. The van der Waals surface area contributed by atoms with Crippen molar-refractivity contribution in [1.82, 2.24) is 29.6 Å². The lowest BCUT2D eigenvalue weighted by Gasteiger charge is -2.31. The summed E-state index contributed by atoms with van der Waals surface area (Å²) >= 11 is 0. The molecule has 0 spiro atoms. The summed E-state index contributed by atoms with van der Waals surface area (Å²) in [4.78, 5) is 15.6. The van der Waals surface area contributed by atoms with E-state index in [9.17, 15) is 0 Å². The number of pyridine rings is 1. The lowest BCUT2D eigenvalue weighted by Crippen LogP contribution is -2.32. The van der Waals surface area contributed by atoms with E-state index in [0.717, 1.165) is 49.3 Å². The number of fused-ring (bicyclic) bond motifs is 1. The average molecular weight is 308 g/mol. The summed E-state index contributed by atoms with van der Waals surface area (Å²) in [6, 6.07) is 4.14. The zero-order valence-corrected chi connectivity index (χ0v) is 13.3. The molecule has 1 aliphatic heterocycles. The third kappa shape index (κ3) is 2.82. The van der Waals surface area contributed by atoms with E-state index in [1.54, 1.807) is 12.4 Å². The maximum Gasteiger partial charge on any atom is 0.176 e. The van der Waals surface area contributed by atoms with Crippen molar-refractivity contribution in [2.24, 2.45) is 7.05 Å². The van der Waals surface area contributed by atoms with E-state index < -0.39 is 0 Å². The van der Waals surface area contributed by atoms with Crippen LogP contribution in [0.3, 0.4) is 0 Å². The molecule has 1 fully saturated rings. The van der Waals surface area contributed by atoms with E-state index in [-0.39, 0.29) is 0 Å². The maximum absolute atomic E-state index is 4.69.